The van der Waals surface area contributed by atoms with Crippen molar-refractivity contribution in [2.75, 3.05) is 32.1 Å². The fourth-order valence-corrected chi connectivity index (χ4v) is 3.29. The van der Waals surface area contributed by atoms with Gasteiger partial charge in [0.05, 0.1) is 5.69 Å². The first-order valence-electron chi connectivity index (χ1n) is 6.55. The Labute approximate surface area is 118 Å². The molecule has 0 bridgehead atoms. The van der Waals surface area contributed by atoms with Crippen molar-refractivity contribution in [3.8, 4) is 0 Å². The summed E-state index contributed by atoms with van der Waals surface area (Å²) in [5.41, 5.74) is 0.683. The lowest BCUT2D eigenvalue weighted by Crippen LogP contribution is -2.40. The smallest absolute Gasteiger partial charge is 0.347 e. The molecule has 5 nitrogen and oxygen atoms in total. The van der Waals surface area contributed by atoms with Gasteiger partial charge in [0.15, 0.2) is 5.13 Å². The second kappa shape index (κ2) is 6.86. The Morgan fingerprint density at radius 1 is 1.42 bits per heavy atom. The van der Waals surface area contributed by atoms with Gasteiger partial charge in [-0.3, -0.25) is 0 Å². The summed E-state index contributed by atoms with van der Waals surface area (Å²) < 4.78 is 0. The van der Waals surface area contributed by atoms with E-state index in [1.807, 2.05) is 21.0 Å². The predicted molar refractivity (Wildman–Crippen MR) is 79.5 cm³/mol. The Kier molecular flexibility index (Phi) is 5.75. The van der Waals surface area contributed by atoms with E-state index < -0.39 is 5.97 Å². The molecular formula is C13H23N3O2S. The lowest BCUT2D eigenvalue weighted by molar-refractivity contribution is 0.0701. The first kappa shape index (κ1) is 15.9. The van der Waals surface area contributed by atoms with Crippen LogP contribution in [0.1, 0.15) is 36.1 Å². The minimum Gasteiger partial charge on any atom is -0.477 e. The van der Waals surface area contributed by atoms with E-state index in [2.05, 4.69) is 28.6 Å². The lowest BCUT2D eigenvalue weighted by atomic mass is 10.3. The number of hydrogen-bond donors (Lipinski definition) is 1. The highest BCUT2D eigenvalue weighted by Gasteiger charge is 2.22. The van der Waals surface area contributed by atoms with Crippen LogP contribution < -0.4 is 4.90 Å². The van der Waals surface area contributed by atoms with Gasteiger partial charge in [-0.1, -0.05) is 18.3 Å². The molecule has 0 saturated carbocycles. The number of anilines is 1. The van der Waals surface area contributed by atoms with Gasteiger partial charge in [-0.25, -0.2) is 9.78 Å². The van der Waals surface area contributed by atoms with Crippen molar-refractivity contribution < 1.29 is 9.90 Å². The molecule has 108 valence electrons. The Morgan fingerprint density at radius 3 is 2.42 bits per heavy atom. The zero-order chi connectivity index (χ0) is 14.6. The molecule has 19 heavy (non-hydrogen) atoms. The van der Waals surface area contributed by atoms with Gasteiger partial charge in [0, 0.05) is 19.1 Å². The molecule has 0 aliphatic heterocycles. The molecule has 0 radical (unpaired) electrons. The fraction of sp³-hybridized carbons (Fsp3) is 0.692. The fourth-order valence-electron chi connectivity index (χ4n) is 2.13. The lowest BCUT2D eigenvalue weighted by Gasteiger charge is -2.29. The number of rotatable bonds is 7. The third-order valence-electron chi connectivity index (χ3n) is 2.96. The maximum Gasteiger partial charge on any atom is 0.347 e. The van der Waals surface area contributed by atoms with E-state index in [-0.39, 0.29) is 0 Å². The molecule has 0 aliphatic carbocycles. The minimum atomic E-state index is -0.878. The summed E-state index contributed by atoms with van der Waals surface area (Å²) in [5, 5.41) is 10.0. The summed E-state index contributed by atoms with van der Waals surface area (Å²) >= 11 is 1.28. The number of nitrogens with zero attached hydrogens (tertiary/aromatic N) is 3. The zero-order valence-corrected chi connectivity index (χ0v) is 13.1. The average Bonchev–Trinajstić information content (AvgIpc) is 2.73. The third kappa shape index (κ3) is 3.91. The van der Waals surface area contributed by atoms with E-state index in [9.17, 15) is 9.90 Å². The van der Waals surface area contributed by atoms with Crippen LogP contribution in [-0.4, -0.2) is 54.2 Å². The van der Waals surface area contributed by atoms with Gasteiger partial charge in [0.25, 0.3) is 0 Å². The Balaban J connectivity index is 3.01. The van der Waals surface area contributed by atoms with Crippen LogP contribution in [0, 0.1) is 0 Å². The van der Waals surface area contributed by atoms with E-state index >= 15 is 0 Å². The van der Waals surface area contributed by atoms with Gasteiger partial charge in [-0.2, -0.15) is 0 Å². The Bertz CT molecular complexity index is 432. The molecule has 0 aromatic carbocycles. The number of aromatic carboxylic acids is 1. The number of aryl methyl sites for hydroxylation is 1. The van der Waals surface area contributed by atoms with Crippen LogP contribution in [0.2, 0.25) is 0 Å². The van der Waals surface area contributed by atoms with Crippen molar-refractivity contribution in [2.24, 2.45) is 0 Å². The van der Waals surface area contributed by atoms with Crippen LogP contribution >= 0.6 is 11.3 Å². The van der Waals surface area contributed by atoms with Gasteiger partial charge in [0.2, 0.25) is 0 Å². The SMILES string of the molecule is CCc1nc(N(CC)C(C)CN(C)C)sc1C(=O)O. The number of carbonyl (C=O) groups is 1. The quantitative estimate of drug-likeness (QED) is 0.832. The Hall–Kier alpha value is -1.14. The molecule has 1 aromatic heterocycles. The first-order valence-corrected chi connectivity index (χ1v) is 7.36. The number of carboxylic acid groups (broad SMARTS) is 1. The minimum absolute atomic E-state index is 0.303. The van der Waals surface area contributed by atoms with E-state index in [4.69, 9.17) is 0 Å². The van der Waals surface area contributed by atoms with Crippen molar-refractivity contribution >= 4 is 22.4 Å². The van der Waals surface area contributed by atoms with Crippen molar-refractivity contribution in [2.45, 2.75) is 33.2 Å². The number of carboxylic acids is 1. The summed E-state index contributed by atoms with van der Waals surface area (Å²) in [6, 6.07) is 0.303. The van der Waals surface area contributed by atoms with Gasteiger partial charge in [0.1, 0.15) is 4.88 Å². The molecule has 1 heterocycles. The van der Waals surface area contributed by atoms with Crippen molar-refractivity contribution in [1.82, 2.24) is 9.88 Å². The largest absolute Gasteiger partial charge is 0.477 e. The highest BCUT2D eigenvalue weighted by Crippen LogP contribution is 2.28. The maximum atomic E-state index is 11.2. The number of aromatic nitrogens is 1. The van der Waals surface area contributed by atoms with Crippen molar-refractivity contribution in [1.29, 1.82) is 0 Å². The maximum absolute atomic E-state index is 11.2. The van der Waals surface area contributed by atoms with E-state index in [1.165, 1.54) is 11.3 Å². The molecule has 0 aliphatic rings. The molecule has 1 atom stereocenters. The molecule has 0 amide bonds. The molecule has 0 fully saturated rings. The molecule has 0 spiro atoms. The summed E-state index contributed by atoms with van der Waals surface area (Å²) in [6.45, 7) is 7.88. The Morgan fingerprint density at radius 2 is 2.05 bits per heavy atom. The molecule has 1 aromatic rings. The standard InChI is InChI=1S/C13H23N3O2S/c1-6-10-11(12(17)18)19-13(14-10)16(7-2)9(3)8-15(4)5/h9H,6-8H2,1-5H3,(H,17,18). The second-order valence-corrected chi connectivity index (χ2v) is 5.81. The van der Waals surface area contributed by atoms with Crippen molar-refractivity contribution in [3.05, 3.63) is 10.6 Å². The molecule has 1 rings (SSSR count). The summed E-state index contributed by atoms with van der Waals surface area (Å²) in [5.74, 6) is -0.878. The highest BCUT2D eigenvalue weighted by molar-refractivity contribution is 7.17. The monoisotopic (exact) mass is 285 g/mol. The molecule has 1 unspecified atom stereocenters. The average molecular weight is 285 g/mol. The van der Waals surface area contributed by atoms with Crippen molar-refractivity contribution in [3.63, 3.8) is 0 Å². The molecule has 6 heteroatoms. The summed E-state index contributed by atoms with van der Waals surface area (Å²) in [4.78, 5) is 20.3. The first-order chi connectivity index (χ1) is 8.90. The summed E-state index contributed by atoms with van der Waals surface area (Å²) in [6.07, 6.45) is 0.651. The van der Waals surface area contributed by atoms with Gasteiger partial charge < -0.3 is 14.9 Å². The normalized spacial score (nSPS) is 12.7. The van der Waals surface area contributed by atoms with Gasteiger partial charge in [-0.05, 0) is 34.4 Å². The van der Waals surface area contributed by atoms with Crippen LogP contribution in [0.4, 0.5) is 5.13 Å². The van der Waals surface area contributed by atoms with Gasteiger partial charge >= 0.3 is 5.97 Å². The summed E-state index contributed by atoms with van der Waals surface area (Å²) in [7, 11) is 4.07. The molecule has 1 N–H and O–H groups in total. The van der Waals surface area contributed by atoms with E-state index in [1.54, 1.807) is 0 Å². The predicted octanol–water partition coefficient (Wildman–Crippen LogP) is 2.18. The number of likely N-dealkylation sites (N-methyl/N-ethyl adjacent to an activating group) is 2. The second-order valence-electron chi connectivity index (χ2n) is 4.83. The number of thiazole rings is 1. The van der Waals surface area contributed by atoms with Crippen LogP contribution in [0.15, 0.2) is 0 Å². The van der Waals surface area contributed by atoms with Crippen LogP contribution in [-0.2, 0) is 6.42 Å². The van der Waals surface area contributed by atoms with E-state index in [0.29, 0.717) is 23.0 Å². The zero-order valence-electron chi connectivity index (χ0n) is 12.3. The highest BCUT2D eigenvalue weighted by atomic mass is 32.1. The molecule has 0 saturated heterocycles. The topological polar surface area (TPSA) is 56.7 Å². The van der Waals surface area contributed by atoms with Crippen LogP contribution in [0.3, 0.4) is 0 Å². The number of hydrogen-bond acceptors (Lipinski definition) is 5. The molecular weight excluding hydrogens is 262 g/mol. The van der Waals surface area contributed by atoms with E-state index in [0.717, 1.165) is 18.2 Å². The van der Waals surface area contributed by atoms with Gasteiger partial charge in [-0.15, -0.1) is 0 Å². The van der Waals surface area contributed by atoms with Crippen LogP contribution in [0.25, 0.3) is 0 Å². The third-order valence-corrected chi connectivity index (χ3v) is 4.09. The van der Waals surface area contributed by atoms with Crippen LogP contribution in [0.5, 0.6) is 0 Å².